The van der Waals surface area contributed by atoms with E-state index in [0.717, 1.165) is 6.26 Å². The molecule has 0 aliphatic rings. The number of sulfonamides is 1. The lowest BCUT2D eigenvalue weighted by atomic mass is 10.0. The molecule has 0 fully saturated rings. The molecule has 4 nitrogen and oxygen atoms in total. The van der Waals surface area contributed by atoms with Gasteiger partial charge in [0.05, 0.1) is 6.26 Å². The van der Waals surface area contributed by atoms with Crippen molar-refractivity contribution in [2.45, 2.75) is 6.42 Å². The molecule has 0 saturated carbocycles. The lowest BCUT2D eigenvalue weighted by Crippen LogP contribution is -2.10. The first kappa shape index (κ1) is 15.2. The number of hydrogen-bond acceptors (Lipinski definition) is 3. The molecule has 0 aliphatic heterocycles. The zero-order valence-corrected chi connectivity index (χ0v) is 12.2. The van der Waals surface area contributed by atoms with Gasteiger partial charge in [-0.3, -0.25) is 9.52 Å². The molecular formula is C15H14FNO3S. The fraction of sp³-hybridized carbons (Fsp3) is 0.133. The number of anilines is 1. The first-order valence-corrected chi connectivity index (χ1v) is 8.08. The zero-order chi connectivity index (χ0) is 15.5. The largest absolute Gasteiger partial charge is 0.294 e. The molecule has 21 heavy (non-hydrogen) atoms. The summed E-state index contributed by atoms with van der Waals surface area (Å²) in [6, 6.07) is 12.0. The molecule has 0 amide bonds. The molecule has 1 N–H and O–H groups in total. The van der Waals surface area contributed by atoms with Crippen molar-refractivity contribution < 1.29 is 17.6 Å². The smallest absolute Gasteiger partial charge is 0.229 e. The molecular weight excluding hydrogens is 293 g/mol. The van der Waals surface area contributed by atoms with Crippen LogP contribution in [0.25, 0.3) is 0 Å². The van der Waals surface area contributed by atoms with Crippen molar-refractivity contribution in [3.05, 3.63) is 65.5 Å². The van der Waals surface area contributed by atoms with E-state index in [1.54, 1.807) is 12.1 Å². The van der Waals surface area contributed by atoms with Crippen LogP contribution in [0.3, 0.4) is 0 Å². The maximum absolute atomic E-state index is 13.1. The van der Waals surface area contributed by atoms with Crippen LogP contribution in [0.5, 0.6) is 0 Å². The molecule has 0 radical (unpaired) electrons. The Hall–Kier alpha value is -2.21. The number of hydrogen-bond donors (Lipinski definition) is 1. The van der Waals surface area contributed by atoms with E-state index in [4.69, 9.17) is 0 Å². The fourth-order valence-electron chi connectivity index (χ4n) is 1.87. The molecule has 0 spiro atoms. The Morgan fingerprint density at radius 1 is 1.14 bits per heavy atom. The van der Waals surface area contributed by atoms with Gasteiger partial charge in [0.1, 0.15) is 5.82 Å². The average molecular weight is 307 g/mol. The van der Waals surface area contributed by atoms with Crippen LogP contribution in [0.2, 0.25) is 0 Å². The summed E-state index contributed by atoms with van der Waals surface area (Å²) in [5.41, 5.74) is 1.43. The maximum Gasteiger partial charge on any atom is 0.229 e. The van der Waals surface area contributed by atoms with E-state index >= 15 is 0 Å². The monoisotopic (exact) mass is 307 g/mol. The topological polar surface area (TPSA) is 63.2 Å². The van der Waals surface area contributed by atoms with Gasteiger partial charge in [-0.2, -0.15) is 0 Å². The van der Waals surface area contributed by atoms with E-state index in [2.05, 4.69) is 4.72 Å². The number of benzene rings is 2. The number of ketones is 1. The number of carbonyl (C=O) groups excluding carboxylic acids is 1. The van der Waals surface area contributed by atoms with Crippen molar-refractivity contribution >= 4 is 21.5 Å². The summed E-state index contributed by atoms with van der Waals surface area (Å²) in [7, 11) is -3.34. The third-order valence-corrected chi connectivity index (χ3v) is 3.37. The predicted octanol–water partition coefficient (Wildman–Crippen LogP) is 2.62. The summed E-state index contributed by atoms with van der Waals surface area (Å²) >= 11 is 0. The summed E-state index contributed by atoms with van der Waals surface area (Å²) in [4.78, 5) is 12.1. The Labute approximate surface area is 122 Å². The Kier molecular flexibility index (Phi) is 4.37. The molecule has 0 atom stereocenters. The van der Waals surface area contributed by atoms with Crippen LogP contribution in [0, 0.1) is 5.82 Å². The van der Waals surface area contributed by atoms with E-state index in [1.807, 2.05) is 0 Å². The van der Waals surface area contributed by atoms with Gasteiger partial charge in [0.15, 0.2) is 5.78 Å². The Morgan fingerprint density at radius 3 is 2.38 bits per heavy atom. The van der Waals surface area contributed by atoms with Crippen LogP contribution in [-0.4, -0.2) is 20.5 Å². The minimum Gasteiger partial charge on any atom is -0.294 e. The van der Waals surface area contributed by atoms with Gasteiger partial charge in [-0.1, -0.05) is 12.1 Å². The van der Waals surface area contributed by atoms with Crippen molar-refractivity contribution in [2.75, 3.05) is 11.0 Å². The molecule has 2 aromatic carbocycles. The number of nitrogens with one attached hydrogen (secondary N) is 1. The van der Waals surface area contributed by atoms with Crippen molar-refractivity contribution in [2.24, 2.45) is 0 Å². The van der Waals surface area contributed by atoms with Crippen molar-refractivity contribution in [3.8, 4) is 0 Å². The lowest BCUT2D eigenvalue weighted by Gasteiger charge is -2.05. The molecule has 0 aliphatic carbocycles. The fourth-order valence-corrected chi connectivity index (χ4v) is 2.44. The average Bonchev–Trinajstić information content (AvgIpc) is 2.37. The summed E-state index contributed by atoms with van der Waals surface area (Å²) in [6.45, 7) is 0. The summed E-state index contributed by atoms with van der Waals surface area (Å²) in [5, 5.41) is 0. The number of carbonyl (C=O) groups is 1. The van der Waals surface area contributed by atoms with Gasteiger partial charge in [0.2, 0.25) is 10.0 Å². The van der Waals surface area contributed by atoms with Crippen LogP contribution in [-0.2, 0) is 16.4 Å². The minimum absolute atomic E-state index is 0.0939. The van der Waals surface area contributed by atoms with Crippen molar-refractivity contribution in [1.82, 2.24) is 0 Å². The molecule has 0 unspecified atom stereocenters. The Bertz CT molecular complexity index is 755. The highest BCUT2D eigenvalue weighted by Gasteiger charge is 2.08. The van der Waals surface area contributed by atoms with E-state index in [-0.39, 0.29) is 18.0 Å². The quantitative estimate of drug-likeness (QED) is 0.864. The standard InChI is InChI=1S/C15H14FNO3S/c1-21(19,20)17-14-7-5-12(6-8-14)15(18)10-11-3-2-4-13(16)9-11/h2-9,17H,10H2,1H3. The molecule has 6 heteroatoms. The molecule has 2 rings (SSSR count). The Morgan fingerprint density at radius 2 is 1.81 bits per heavy atom. The van der Waals surface area contributed by atoms with Gasteiger partial charge < -0.3 is 0 Å². The van der Waals surface area contributed by atoms with Gasteiger partial charge in [-0.15, -0.1) is 0 Å². The van der Waals surface area contributed by atoms with Crippen LogP contribution >= 0.6 is 0 Å². The normalized spacial score (nSPS) is 11.1. The highest BCUT2D eigenvalue weighted by atomic mass is 32.2. The number of halogens is 1. The van der Waals surface area contributed by atoms with Crippen LogP contribution < -0.4 is 4.72 Å². The summed E-state index contributed by atoms with van der Waals surface area (Å²) in [5.74, 6) is -0.542. The van der Waals surface area contributed by atoms with E-state index in [1.165, 1.54) is 36.4 Å². The third kappa shape index (κ3) is 4.68. The predicted molar refractivity (Wildman–Crippen MR) is 79.3 cm³/mol. The van der Waals surface area contributed by atoms with Crippen LogP contribution in [0.1, 0.15) is 15.9 Å². The SMILES string of the molecule is CS(=O)(=O)Nc1ccc(C(=O)Cc2cccc(F)c2)cc1. The van der Waals surface area contributed by atoms with E-state index in [0.29, 0.717) is 16.8 Å². The minimum atomic E-state index is -3.34. The van der Waals surface area contributed by atoms with Crippen LogP contribution in [0.4, 0.5) is 10.1 Å². The molecule has 0 saturated heterocycles. The second-order valence-corrected chi connectivity index (χ2v) is 6.43. The molecule has 2 aromatic rings. The Balaban J connectivity index is 2.10. The number of Topliss-reactive ketones (excluding diaryl/α,β-unsaturated/α-hetero) is 1. The van der Waals surface area contributed by atoms with E-state index < -0.39 is 10.0 Å². The van der Waals surface area contributed by atoms with Gasteiger partial charge in [0, 0.05) is 17.7 Å². The highest BCUT2D eigenvalue weighted by molar-refractivity contribution is 7.92. The van der Waals surface area contributed by atoms with Gasteiger partial charge in [0.25, 0.3) is 0 Å². The molecule has 110 valence electrons. The summed E-state index contributed by atoms with van der Waals surface area (Å²) < 4.78 is 37.5. The second kappa shape index (κ2) is 6.05. The van der Waals surface area contributed by atoms with Crippen molar-refractivity contribution in [3.63, 3.8) is 0 Å². The zero-order valence-electron chi connectivity index (χ0n) is 11.3. The number of rotatable bonds is 5. The maximum atomic E-state index is 13.1. The second-order valence-electron chi connectivity index (χ2n) is 4.68. The molecule has 0 heterocycles. The summed E-state index contributed by atoms with van der Waals surface area (Å²) in [6.07, 6.45) is 1.15. The lowest BCUT2D eigenvalue weighted by molar-refractivity contribution is 0.0993. The highest BCUT2D eigenvalue weighted by Crippen LogP contribution is 2.14. The third-order valence-electron chi connectivity index (χ3n) is 2.76. The van der Waals surface area contributed by atoms with Gasteiger partial charge in [-0.05, 0) is 42.0 Å². The van der Waals surface area contributed by atoms with Crippen molar-refractivity contribution in [1.29, 1.82) is 0 Å². The molecule has 0 bridgehead atoms. The van der Waals surface area contributed by atoms with Gasteiger partial charge in [-0.25, -0.2) is 12.8 Å². The molecule has 0 aromatic heterocycles. The first-order valence-electron chi connectivity index (χ1n) is 6.19. The van der Waals surface area contributed by atoms with Crippen LogP contribution in [0.15, 0.2) is 48.5 Å². The first-order chi connectivity index (χ1) is 9.83. The van der Waals surface area contributed by atoms with Gasteiger partial charge >= 0.3 is 0 Å². The van der Waals surface area contributed by atoms with E-state index in [9.17, 15) is 17.6 Å².